The molecule has 1 aromatic heterocycles. The summed E-state index contributed by atoms with van der Waals surface area (Å²) < 4.78 is 40.2. The maximum atomic E-state index is 12.9. The summed E-state index contributed by atoms with van der Waals surface area (Å²) in [5, 5.41) is 0.365. The minimum atomic E-state index is -4.43. The molecule has 0 spiro atoms. The van der Waals surface area contributed by atoms with Gasteiger partial charge in [-0.05, 0) is 24.3 Å². The van der Waals surface area contributed by atoms with Gasteiger partial charge in [0.2, 0.25) is 5.91 Å². The number of amides is 2. The van der Waals surface area contributed by atoms with Crippen molar-refractivity contribution in [1.29, 1.82) is 0 Å². The highest BCUT2D eigenvalue weighted by Gasteiger charge is 2.31. The third-order valence-electron chi connectivity index (χ3n) is 4.60. The quantitative estimate of drug-likeness (QED) is 0.791. The van der Waals surface area contributed by atoms with Gasteiger partial charge in [0.1, 0.15) is 5.69 Å². The Morgan fingerprint density at radius 3 is 2.48 bits per heavy atom. The molecule has 1 aromatic carbocycles. The van der Waals surface area contributed by atoms with Gasteiger partial charge in [-0.15, -0.1) is 0 Å². The smallest absolute Gasteiger partial charge is 0.344 e. The van der Waals surface area contributed by atoms with Gasteiger partial charge >= 0.3 is 6.18 Å². The van der Waals surface area contributed by atoms with Crippen LogP contribution in [0.15, 0.2) is 24.3 Å². The minimum absolute atomic E-state index is 0.0258. The van der Waals surface area contributed by atoms with Crippen molar-refractivity contribution in [2.45, 2.75) is 12.6 Å². The van der Waals surface area contributed by atoms with Crippen LogP contribution in [0.25, 0.3) is 10.9 Å². The van der Waals surface area contributed by atoms with Crippen molar-refractivity contribution >= 4 is 22.7 Å². The zero-order valence-electron chi connectivity index (χ0n) is 13.9. The van der Waals surface area contributed by atoms with Crippen molar-refractivity contribution in [2.24, 2.45) is 7.05 Å². The lowest BCUT2D eigenvalue weighted by atomic mass is 10.1. The molecule has 134 valence electrons. The molecule has 0 unspecified atom stereocenters. The normalized spacial score (nSPS) is 16.4. The summed E-state index contributed by atoms with van der Waals surface area (Å²) in [6, 6.07) is 4.90. The van der Waals surface area contributed by atoms with Gasteiger partial charge < -0.3 is 14.4 Å². The Morgan fingerprint density at radius 1 is 1.08 bits per heavy atom. The minimum Gasteiger partial charge on any atom is -0.344 e. The molecule has 1 aliphatic heterocycles. The molecule has 2 aromatic rings. The SMILES string of the molecule is CN1CCN(C(=O)c2cc3cc(C(F)(F)F)ccc3n2C)CCC1=O. The molecule has 0 saturated carbocycles. The molecule has 5 nitrogen and oxygen atoms in total. The van der Waals surface area contributed by atoms with Crippen LogP contribution in [0.3, 0.4) is 0 Å². The Morgan fingerprint density at radius 2 is 1.80 bits per heavy atom. The van der Waals surface area contributed by atoms with E-state index in [-0.39, 0.29) is 18.2 Å². The average molecular weight is 353 g/mol. The number of halogens is 3. The molecule has 2 amide bonds. The molecule has 0 N–H and O–H groups in total. The van der Waals surface area contributed by atoms with E-state index in [1.54, 1.807) is 28.5 Å². The molecule has 0 aliphatic carbocycles. The Balaban J connectivity index is 1.94. The number of aryl methyl sites for hydroxylation is 1. The fourth-order valence-corrected chi connectivity index (χ4v) is 3.02. The van der Waals surface area contributed by atoms with Crippen LogP contribution < -0.4 is 0 Å². The lowest BCUT2D eigenvalue weighted by molar-refractivity contribution is -0.137. The summed E-state index contributed by atoms with van der Waals surface area (Å²) in [6.45, 7) is 1.14. The van der Waals surface area contributed by atoms with Gasteiger partial charge in [0.25, 0.3) is 5.91 Å². The molecule has 0 atom stereocenters. The highest BCUT2D eigenvalue weighted by atomic mass is 19.4. The van der Waals surface area contributed by atoms with Crippen molar-refractivity contribution in [3.63, 3.8) is 0 Å². The molecule has 0 bridgehead atoms. The van der Waals surface area contributed by atoms with E-state index in [1.165, 1.54) is 12.1 Å². The number of rotatable bonds is 1. The van der Waals surface area contributed by atoms with Crippen LogP contribution in [-0.4, -0.2) is 52.9 Å². The molecule has 2 heterocycles. The fourth-order valence-electron chi connectivity index (χ4n) is 3.02. The zero-order valence-corrected chi connectivity index (χ0v) is 13.9. The molecule has 1 fully saturated rings. The third-order valence-corrected chi connectivity index (χ3v) is 4.60. The molecule has 1 saturated heterocycles. The highest BCUT2D eigenvalue weighted by Crippen LogP contribution is 2.32. The number of carbonyl (C=O) groups is 2. The van der Waals surface area contributed by atoms with Gasteiger partial charge in [0.15, 0.2) is 0 Å². The van der Waals surface area contributed by atoms with E-state index in [2.05, 4.69) is 0 Å². The van der Waals surface area contributed by atoms with E-state index >= 15 is 0 Å². The second-order valence-corrected chi connectivity index (χ2v) is 6.22. The number of nitrogens with zero attached hydrogens (tertiary/aromatic N) is 3. The number of alkyl halides is 3. The largest absolute Gasteiger partial charge is 0.416 e. The van der Waals surface area contributed by atoms with Crippen molar-refractivity contribution in [3.05, 3.63) is 35.5 Å². The van der Waals surface area contributed by atoms with Crippen LogP contribution >= 0.6 is 0 Å². The number of hydrogen-bond acceptors (Lipinski definition) is 2. The van der Waals surface area contributed by atoms with Crippen LogP contribution in [0.5, 0.6) is 0 Å². The molecule has 3 rings (SSSR count). The molecular formula is C17H18F3N3O2. The number of benzene rings is 1. The first kappa shape index (κ1) is 17.3. The predicted molar refractivity (Wildman–Crippen MR) is 86.1 cm³/mol. The van der Waals surface area contributed by atoms with Crippen molar-refractivity contribution < 1.29 is 22.8 Å². The van der Waals surface area contributed by atoms with Gasteiger partial charge in [-0.2, -0.15) is 13.2 Å². The van der Waals surface area contributed by atoms with E-state index in [0.717, 1.165) is 12.1 Å². The van der Waals surface area contributed by atoms with Crippen molar-refractivity contribution in [3.8, 4) is 0 Å². The van der Waals surface area contributed by atoms with Crippen LogP contribution in [-0.2, 0) is 18.0 Å². The second-order valence-electron chi connectivity index (χ2n) is 6.22. The summed E-state index contributed by atoms with van der Waals surface area (Å²) in [5.74, 6) is -0.308. The number of carbonyl (C=O) groups excluding carboxylic acids is 2. The summed E-state index contributed by atoms with van der Waals surface area (Å²) in [4.78, 5) is 27.7. The first-order valence-corrected chi connectivity index (χ1v) is 7.88. The van der Waals surface area contributed by atoms with E-state index < -0.39 is 11.7 Å². The van der Waals surface area contributed by atoms with E-state index in [0.29, 0.717) is 36.2 Å². The van der Waals surface area contributed by atoms with E-state index in [9.17, 15) is 22.8 Å². The average Bonchev–Trinajstić information content (AvgIpc) is 2.79. The molecule has 0 radical (unpaired) electrons. The van der Waals surface area contributed by atoms with Gasteiger partial charge in [0.05, 0.1) is 5.56 Å². The number of hydrogen-bond donors (Lipinski definition) is 0. The Hall–Kier alpha value is -2.51. The van der Waals surface area contributed by atoms with Gasteiger partial charge in [-0.25, -0.2) is 0 Å². The molecule has 25 heavy (non-hydrogen) atoms. The topological polar surface area (TPSA) is 45.5 Å². The van der Waals surface area contributed by atoms with Crippen LogP contribution in [0, 0.1) is 0 Å². The van der Waals surface area contributed by atoms with Crippen LogP contribution in [0.2, 0.25) is 0 Å². The van der Waals surface area contributed by atoms with Gasteiger partial charge in [-0.3, -0.25) is 9.59 Å². The lowest BCUT2D eigenvalue weighted by Gasteiger charge is -2.20. The predicted octanol–water partition coefficient (Wildman–Crippen LogP) is 2.50. The first-order chi connectivity index (χ1) is 11.7. The molecule has 8 heteroatoms. The Labute approximate surface area is 142 Å². The van der Waals surface area contributed by atoms with Crippen LogP contribution in [0.1, 0.15) is 22.5 Å². The second kappa shape index (κ2) is 6.09. The molecule has 1 aliphatic rings. The monoisotopic (exact) mass is 353 g/mol. The van der Waals surface area contributed by atoms with Crippen molar-refractivity contribution in [1.82, 2.24) is 14.4 Å². The summed E-state index contributed by atoms with van der Waals surface area (Å²) in [5.41, 5.74) is 0.122. The summed E-state index contributed by atoms with van der Waals surface area (Å²) >= 11 is 0. The lowest BCUT2D eigenvalue weighted by Crippen LogP contribution is -2.35. The van der Waals surface area contributed by atoms with Gasteiger partial charge in [0, 0.05) is 51.1 Å². The van der Waals surface area contributed by atoms with Gasteiger partial charge in [-0.1, -0.05) is 0 Å². The Kier molecular flexibility index (Phi) is 4.22. The number of fused-ring (bicyclic) bond motifs is 1. The van der Waals surface area contributed by atoms with Crippen molar-refractivity contribution in [2.75, 3.05) is 26.7 Å². The standard InChI is InChI=1S/C17H18F3N3O2/c1-21-7-8-23(6-5-15(21)24)16(25)14-10-11-9-12(17(18,19)20)3-4-13(11)22(14)2/h3-4,9-10H,5-8H2,1-2H3. The number of likely N-dealkylation sites (N-methyl/N-ethyl adjacent to an activating group) is 1. The summed E-state index contributed by atoms with van der Waals surface area (Å²) in [6.07, 6.45) is -4.19. The zero-order chi connectivity index (χ0) is 18.4. The third kappa shape index (κ3) is 3.20. The maximum absolute atomic E-state index is 12.9. The maximum Gasteiger partial charge on any atom is 0.416 e. The number of aromatic nitrogens is 1. The van der Waals surface area contributed by atoms with E-state index in [1.807, 2.05) is 0 Å². The molecular weight excluding hydrogens is 335 g/mol. The van der Waals surface area contributed by atoms with Crippen LogP contribution in [0.4, 0.5) is 13.2 Å². The Bertz CT molecular complexity index is 842. The van der Waals surface area contributed by atoms with E-state index in [4.69, 9.17) is 0 Å². The first-order valence-electron chi connectivity index (χ1n) is 7.88. The summed E-state index contributed by atoms with van der Waals surface area (Å²) in [7, 11) is 3.34. The fraction of sp³-hybridized carbons (Fsp3) is 0.412. The highest BCUT2D eigenvalue weighted by molar-refractivity contribution is 5.99.